The van der Waals surface area contributed by atoms with Gasteiger partial charge in [0, 0.05) is 17.6 Å². The normalized spacial score (nSPS) is 25.2. The molecule has 0 saturated carbocycles. The fourth-order valence-corrected chi connectivity index (χ4v) is 4.32. The molecule has 0 spiro atoms. The van der Waals surface area contributed by atoms with Crippen molar-refractivity contribution in [2.24, 2.45) is 0 Å². The Labute approximate surface area is 145 Å². The minimum Gasteiger partial charge on any atom is -0.396 e. The number of rotatable bonds is 2. The van der Waals surface area contributed by atoms with Crippen LogP contribution in [0.4, 0.5) is 14.5 Å². The summed E-state index contributed by atoms with van der Waals surface area (Å²) in [5, 5.41) is 0. The standard InChI is InChI=1S/C20H20F2N2O/c21-15-4-1-12(2-5-15)14-9-16-6-7-17(10-14)24(16)20(25)13-3-8-19(23)18(22)11-13/h1-5,8,11,14,16-17H,6-7,9-10,23H2. The molecule has 2 heterocycles. The predicted octanol–water partition coefficient (Wildman–Crippen LogP) is 4.10. The highest BCUT2D eigenvalue weighted by Crippen LogP contribution is 2.43. The molecule has 2 aliphatic heterocycles. The van der Waals surface area contributed by atoms with E-state index >= 15 is 0 Å². The predicted molar refractivity (Wildman–Crippen MR) is 92.2 cm³/mol. The van der Waals surface area contributed by atoms with Crippen LogP contribution < -0.4 is 5.73 Å². The number of carbonyl (C=O) groups excluding carboxylic acids is 1. The monoisotopic (exact) mass is 342 g/mol. The van der Waals surface area contributed by atoms with Crippen molar-refractivity contribution in [3.63, 3.8) is 0 Å². The van der Waals surface area contributed by atoms with Gasteiger partial charge < -0.3 is 10.6 Å². The highest BCUT2D eigenvalue weighted by molar-refractivity contribution is 5.95. The van der Waals surface area contributed by atoms with Crippen LogP contribution in [0.5, 0.6) is 0 Å². The van der Waals surface area contributed by atoms with Gasteiger partial charge in [0.25, 0.3) is 5.91 Å². The van der Waals surface area contributed by atoms with Gasteiger partial charge in [-0.05, 0) is 67.5 Å². The molecule has 4 rings (SSSR count). The molecule has 2 N–H and O–H groups in total. The highest BCUT2D eigenvalue weighted by Gasteiger charge is 2.43. The summed E-state index contributed by atoms with van der Waals surface area (Å²) < 4.78 is 26.9. The highest BCUT2D eigenvalue weighted by atomic mass is 19.1. The summed E-state index contributed by atoms with van der Waals surface area (Å²) in [5.74, 6) is -0.571. The molecule has 0 radical (unpaired) electrons. The van der Waals surface area contributed by atoms with E-state index < -0.39 is 5.82 Å². The second kappa shape index (κ2) is 6.14. The van der Waals surface area contributed by atoms with E-state index in [0.717, 1.165) is 31.2 Å². The third-order valence-electron chi connectivity index (χ3n) is 5.56. The number of anilines is 1. The molecule has 5 heteroatoms. The summed E-state index contributed by atoms with van der Waals surface area (Å²) in [5.41, 5.74) is 7.03. The first-order valence-corrected chi connectivity index (χ1v) is 8.66. The molecule has 0 aliphatic carbocycles. The molecule has 2 aromatic rings. The van der Waals surface area contributed by atoms with Gasteiger partial charge in [-0.15, -0.1) is 0 Å². The van der Waals surface area contributed by atoms with Gasteiger partial charge in [-0.25, -0.2) is 8.78 Å². The van der Waals surface area contributed by atoms with Crippen LogP contribution in [0.15, 0.2) is 42.5 Å². The van der Waals surface area contributed by atoms with Crippen molar-refractivity contribution in [3.8, 4) is 0 Å². The molecule has 25 heavy (non-hydrogen) atoms. The Morgan fingerprint density at radius 2 is 1.64 bits per heavy atom. The first-order chi connectivity index (χ1) is 12.0. The Morgan fingerprint density at radius 1 is 1.00 bits per heavy atom. The van der Waals surface area contributed by atoms with Crippen molar-refractivity contribution in [1.29, 1.82) is 0 Å². The van der Waals surface area contributed by atoms with Crippen molar-refractivity contribution in [1.82, 2.24) is 4.90 Å². The van der Waals surface area contributed by atoms with Crippen molar-refractivity contribution in [2.75, 3.05) is 5.73 Å². The molecule has 3 nitrogen and oxygen atoms in total. The number of halogens is 2. The number of nitrogens with zero attached hydrogens (tertiary/aromatic N) is 1. The smallest absolute Gasteiger partial charge is 0.254 e. The second-order valence-corrected chi connectivity index (χ2v) is 7.05. The first kappa shape index (κ1) is 16.1. The Kier molecular flexibility index (Phi) is 3.94. The molecule has 130 valence electrons. The topological polar surface area (TPSA) is 46.3 Å². The van der Waals surface area contributed by atoms with Crippen LogP contribution in [0.2, 0.25) is 0 Å². The zero-order valence-electron chi connectivity index (χ0n) is 13.8. The lowest BCUT2D eigenvalue weighted by molar-refractivity contribution is 0.0571. The lowest BCUT2D eigenvalue weighted by Gasteiger charge is -2.39. The van der Waals surface area contributed by atoms with Gasteiger partial charge in [-0.2, -0.15) is 0 Å². The van der Waals surface area contributed by atoms with Crippen molar-refractivity contribution < 1.29 is 13.6 Å². The van der Waals surface area contributed by atoms with E-state index in [0.29, 0.717) is 11.5 Å². The van der Waals surface area contributed by atoms with Gasteiger partial charge in [0.05, 0.1) is 5.69 Å². The number of nitrogen functional groups attached to an aromatic ring is 1. The minimum atomic E-state index is -0.556. The van der Waals surface area contributed by atoms with Crippen molar-refractivity contribution in [2.45, 2.75) is 43.7 Å². The fourth-order valence-electron chi connectivity index (χ4n) is 4.32. The molecule has 2 aliphatic rings. The van der Waals surface area contributed by atoms with E-state index in [1.54, 1.807) is 6.07 Å². The van der Waals surface area contributed by atoms with Gasteiger partial charge in [0.1, 0.15) is 11.6 Å². The molecule has 2 saturated heterocycles. The van der Waals surface area contributed by atoms with Crippen LogP contribution in [0.3, 0.4) is 0 Å². The minimum absolute atomic E-state index is 0.0505. The average Bonchev–Trinajstić information content (AvgIpc) is 2.87. The van der Waals surface area contributed by atoms with Gasteiger partial charge in [-0.1, -0.05) is 12.1 Å². The quantitative estimate of drug-likeness (QED) is 0.835. The number of carbonyl (C=O) groups is 1. The maximum absolute atomic E-state index is 13.7. The summed E-state index contributed by atoms with van der Waals surface area (Å²) in [7, 11) is 0. The number of amides is 1. The number of hydrogen-bond acceptors (Lipinski definition) is 2. The number of hydrogen-bond donors (Lipinski definition) is 1. The first-order valence-electron chi connectivity index (χ1n) is 8.66. The number of benzene rings is 2. The summed E-state index contributed by atoms with van der Waals surface area (Å²) in [6, 6.07) is 11.2. The van der Waals surface area contributed by atoms with E-state index in [1.807, 2.05) is 17.0 Å². The van der Waals surface area contributed by atoms with Crippen molar-refractivity contribution >= 4 is 11.6 Å². The van der Waals surface area contributed by atoms with Crippen LogP contribution in [0.25, 0.3) is 0 Å². The van der Waals surface area contributed by atoms with Gasteiger partial charge in [0.2, 0.25) is 0 Å². The summed E-state index contributed by atoms with van der Waals surface area (Å²) in [6.07, 6.45) is 3.66. The second-order valence-electron chi connectivity index (χ2n) is 7.05. The van der Waals surface area contributed by atoms with Crippen LogP contribution in [0, 0.1) is 11.6 Å². The van der Waals surface area contributed by atoms with E-state index in [9.17, 15) is 13.6 Å². The molecule has 2 bridgehead atoms. The van der Waals surface area contributed by atoms with Crippen molar-refractivity contribution in [3.05, 3.63) is 65.2 Å². The summed E-state index contributed by atoms with van der Waals surface area (Å²) in [6.45, 7) is 0. The lowest BCUT2D eigenvalue weighted by Crippen LogP contribution is -2.46. The number of nitrogens with two attached hydrogens (primary N) is 1. The Bertz CT molecular complexity index is 792. The fraction of sp³-hybridized carbons (Fsp3) is 0.350. The maximum Gasteiger partial charge on any atom is 0.254 e. The largest absolute Gasteiger partial charge is 0.396 e. The molecule has 2 unspecified atom stereocenters. The lowest BCUT2D eigenvalue weighted by atomic mass is 9.85. The van der Waals surface area contributed by atoms with Crippen LogP contribution in [-0.2, 0) is 0 Å². The molecular formula is C20H20F2N2O. The third-order valence-corrected chi connectivity index (χ3v) is 5.56. The van der Waals surface area contributed by atoms with Gasteiger partial charge in [-0.3, -0.25) is 4.79 Å². The molecule has 2 atom stereocenters. The summed E-state index contributed by atoms with van der Waals surface area (Å²) in [4.78, 5) is 14.8. The van der Waals surface area contributed by atoms with E-state index in [-0.39, 0.29) is 29.5 Å². The summed E-state index contributed by atoms with van der Waals surface area (Å²) >= 11 is 0. The Balaban J connectivity index is 1.55. The van der Waals surface area contributed by atoms with Crippen LogP contribution >= 0.6 is 0 Å². The van der Waals surface area contributed by atoms with Gasteiger partial charge >= 0.3 is 0 Å². The molecule has 0 aromatic heterocycles. The average molecular weight is 342 g/mol. The molecular weight excluding hydrogens is 322 g/mol. The van der Waals surface area contributed by atoms with Crippen LogP contribution in [0.1, 0.15) is 47.5 Å². The Morgan fingerprint density at radius 3 is 2.24 bits per heavy atom. The third kappa shape index (κ3) is 2.88. The van der Waals surface area contributed by atoms with E-state index in [4.69, 9.17) is 5.73 Å². The maximum atomic E-state index is 13.7. The molecule has 1 amide bonds. The zero-order chi connectivity index (χ0) is 17.6. The number of piperidine rings is 1. The zero-order valence-corrected chi connectivity index (χ0v) is 13.8. The van der Waals surface area contributed by atoms with Crippen LogP contribution in [-0.4, -0.2) is 22.9 Å². The molecule has 2 aromatic carbocycles. The van der Waals surface area contributed by atoms with Gasteiger partial charge in [0.15, 0.2) is 0 Å². The Hall–Kier alpha value is -2.43. The molecule has 2 fully saturated rings. The number of fused-ring (bicyclic) bond motifs is 2. The van der Waals surface area contributed by atoms with E-state index in [1.165, 1.54) is 24.3 Å². The SMILES string of the molecule is Nc1ccc(C(=O)N2C3CCC2CC(c2ccc(F)cc2)C3)cc1F. The van der Waals surface area contributed by atoms with E-state index in [2.05, 4.69) is 0 Å².